The molecule has 1 heterocycles. The summed E-state index contributed by atoms with van der Waals surface area (Å²) in [4.78, 5) is 0.295. The average molecular weight is 316 g/mol. The zero-order valence-corrected chi connectivity index (χ0v) is 13.4. The molecule has 5 heteroatoms. The summed E-state index contributed by atoms with van der Waals surface area (Å²) in [5, 5.41) is 3.36. The number of rotatable bonds is 3. The molecule has 0 aromatic heterocycles. The molecule has 0 saturated heterocycles. The second-order valence-electron chi connectivity index (χ2n) is 5.66. The number of aryl methyl sites for hydroxylation is 1. The Hall–Kier alpha value is -1.85. The first-order valence-electron chi connectivity index (χ1n) is 7.47. The predicted octanol–water partition coefficient (Wildman–Crippen LogP) is 2.48. The van der Waals surface area contributed by atoms with Crippen LogP contribution >= 0.6 is 0 Å². The van der Waals surface area contributed by atoms with E-state index in [0.29, 0.717) is 10.6 Å². The van der Waals surface area contributed by atoms with Crippen LogP contribution in [0.3, 0.4) is 0 Å². The normalized spacial score (nSPS) is 15.0. The molecule has 4 nitrogen and oxygen atoms in total. The molecule has 1 aliphatic heterocycles. The van der Waals surface area contributed by atoms with Crippen LogP contribution in [-0.4, -0.2) is 21.5 Å². The van der Waals surface area contributed by atoms with Crippen LogP contribution in [0, 0.1) is 6.92 Å². The lowest BCUT2D eigenvalue weighted by Crippen LogP contribution is -2.16. The van der Waals surface area contributed by atoms with Gasteiger partial charge in [0, 0.05) is 5.69 Å². The topological polar surface area (TPSA) is 58.2 Å². The molecule has 2 aromatic carbocycles. The summed E-state index contributed by atoms with van der Waals surface area (Å²) < 4.78 is 27.6. The van der Waals surface area contributed by atoms with Crippen molar-refractivity contribution >= 4 is 15.7 Å². The first-order valence-corrected chi connectivity index (χ1v) is 8.95. The molecule has 0 spiro atoms. The van der Waals surface area contributed by atoms with Crippen LogP contribution in [0.25, 0.3) is 0 Å². The van der Waals surface area contributed by atoms with Crippen LogP contribution in [-0.2, 0) is 22.9 Å². The highest BCUT2D eigenvalue weighted by Gasteiger charge is 2.15. The van der Waals surface area contributed by atoms with Crippen molar-refractivity contribution in [1.29, 1.82) is 0 Å². The monoisotopic (exact) mass is 316 g/mol. The second-order valence-corrected chi connectivity index (χ2v) is 7.34. The fraction of sp³-hybridized carbons (Fsp3) is 0.294. The van der Waals surface area contributed by atoms with E-state index in [4.69, 9.17) is 0 Å². The Morgan fingerprint density at radius 2 is 1.77 bits per heavy atom. The molecular weight excluding hydrogens is 296 g/mol. The van der Waals surface area contributed by atoms with E-state index in [1.54, 1.807) is 18.2 Å². The van der Waals surface area contributed by atoms with Crippen molar-refractivity contribution in [3.05, 3.63) is 59.2 Å². The zero-order valence-electron chi connectivity index (χ0n) is 12.6. The van der Waals surface area contributed by atoms with E-state index < -0.39 is 10.0 Å². The smallest absolute Gasteiger partial charge is 0.261 e. The summed E-state index contributed by atoms with van der Waals surface area (Å²) in [6, 6.07) is 12.8. The van der Waals surface area contributed by atoms with Gasteiger partial charge in [0.2, 0.25) is 0 Å². The lowest BCUT2D eigenvalue weighted by Gasteiger charge is -2.12. The highest BCUT2D eigenvalue weighted by molar-refractivity contribution is 7.92. The van der Waals surface area contributed by atoms with Crippen molar-refractivity contribution in [3.8, 4) is 0 Å². The summed E-state index contributed by atoms with van der Waals surface area (Å²) in [7, 11) is -3.54. The third kappa shape index (κ3) is 3.31. The molecule has 0 radical (unpaired) electrons. The number of sulfonamides is 1. The first-order chi connectivity index (χ1) is 10.5. The quantitative estimate of drug-likeness (QED) is 0.914. The minimum atomic E-state index is -3.54. The second kappa shape index (κ2) is 6.10. The van der Waals surface area contributed by atoms with E-state index in [-0.39, 0.29) is 0 Å². The average Bonchev–Trinajstić information content (AvgIpc) is 2.71. The van der Waals surface area contributed by atoms with Crippen molar-refractivity contribution < 1.29 is 8.42 Å². The molecule has 0 atom stereocenters. The van der Waals surface area contributed by atoms with Gasteiger partial charge in [0.15, 0.2) is 0 Å². The van der Waals surface area contributed by atoms with E-state index >= 15 is 0 Å². The Morgan fingerprint density at radius 1 is 1.00 bits per heavy atom. The number of anilines is 1. The number of nitrogens with one attached hydrogen (secondary N) is 2. The Bertz CT molecular complexity index is 785. The SMILES string of the molecule is Cc1cccc(S(=O)(=O)Nc2ccc3c(c2)CCNCC3)c1. The van der Waals surface area contributed by atoms with Crippen LogP contribution < -0.4 is 10.0 Å². The van der Waals surface area contributed by atoms with Gasteiger partial charge in [-0.15, -0.1) is 0 Å². The van der Waals surface area contributed by atoms with E-state index in [1.165, 1.54) is 11.1 Å². The van der Waals surface area contributed by atoms with Crippen LogP contribution in [0.1, 0.15) is 16.7 Å². The van der Waals surface area contributed by atoms with Crippen LogP contribution in [0.5, 0.6) is 0 Å². The summed E-state index contributed by atoms with van der Waals surface area (Å²) >= 11 is 0. The molecule has 1 aliphatic rings. The maximum absolute atomic E-state index is 12.5. The molecule has 0 amide bonds. The van der Waals surface area contributed by atoms with Gasteiger partial charge in [-0.25, -0.2) is 8.42 Å². The minimum Gasteiger partial charge on any atom is -0.316 e. The molecule has 0 fully saturated rings. The zero-order chi connectivity index (χ0) is 15.6. The fourth-order valence-corrected chi connectivity index (χ4v) is 3.89. The fourth-order valence-electron chi connectivity index (χ4n) is 2.73. The van der Waals surface area contributed by atoms with Gasteiger partial charge in [-0.1, -0.05) is 18.2 Å². The van der Waals surface area contributed by atoms with Gasteiger partial charge in [-0.2, -0.15) is 0 Å². The highest BCUT2D eigenvalue weighted by Crippen LogP contribution is 2.21. The summed E-state index contributed by atoms with van der Waals surface area (Å²) in [6.07, 6.45) is 1.91. The van der Waals surface area contributed by atoms with Crippen molar-refractivity contribution in [2.45, 2.75) is 24.7 Å². The first kappa shape index (κ1) is 15.1. The molecular formula is C17H20N2O2S. The Labute approximate surface area is 131 Å². The molecule has 0 saturated carbocycles. The summed E-state index contributed by atoms with van der Waals surface area (Å²) in [5.41, 5.74) is 4.07. The van der Waals surface area contributed by atoms with Gasteiger partial charge in [-0.3, -0.25) is 4.72 Å². The third-order valence-electron chi connectivity index (χ3n) is 3.90. The molecule has 0 bridgehead atoms. The van der Waals surface area contributed by atoms with E-state index in [0.717, 1.165) is 31.5 Å². The molecule has 116 valence electrons. The third-order valence-corrected chi connectivity index (χ3v) is 5.28. The standard InChI is InChI=1S/C17H20N2O2S/c1-13-3-2-4-17(11-13)22(20,21)19-16-6-5-14-7-9-18-10-8-15(14)12-16/h2-6,11-12,18-19H,7-10H2,1H3. The lowest BCUT2D eigenvalue weighted by atomic mass is 10.0. The van der Waals surface area contributed by atoms with Gasteiger partial charge in [-0.05, 0) is 73.8 Å². The number of benzene rings is 2. The molecule has 3 rings (SSSR count). The Morgan fingerprint density at radius 3 is 2.55 bits per heavy atom. The van der Waals surface area contributed by atoms with Crippen LogP contribution in [0.4, 0.5) is 5.69 Å². The Balaban J connectivity index is 1.88. The van der Waals surface area contributed by atoms with Gasteiger partial charge in [0.05, 0.1) is 4.90 Å². The minimum absolute atomic E-state index is 0.295. The van der Waals surface area contributed by atoms with Gasteiger partial charge in [0.25, 0.3) is 10.0 Å². The van der Waals surface area contributed by atoms with Crippen LogP contribution in [0.2, 0.25) is 0 Å². The number of hydrogen-bond acceptors (Lipinski definition) is 3. The van der Waals surface area contributed by atoms with E-state index in [2.05, 4.69) is 10.0 Å². The van der Waals surface area contributed by atoms with Crippen molar-refractivity contribution in [2.75, 3.05) is 17.8 Å². The van der Waals surface area contributed by atoms with Gasteiger partial charge >= 0.3 is 0 Å². The number of hydrogen-bond donors (Lipinski definition) is 2. The van der Waals surface area contributed by atoms with E-state index in [1.807, 2.05) is 31.2 Å². The summed E-state index contributed by atoms with van der Waals surface area (Å²) in [6.45, 7) is 3.79. The molecule has 0 unspecified atom stereocenters. The van der Waals surface area contributed by atoms with Crippen molar-refractivity contribution in [2.24, 2.45) is 0 Å². The molecule has 2 aromatic rings. The van der Waals surface area contributed by atoms with Crippen LogP contribution in [0.15, 0.2) is 47.4 Å². The Kier molecular flexibility index (Phi) is 4.18. The van der Waals surface area contributed by atoms with Crippen molar-refractivity contribution in [3.63, 3.8) is 0 Å². The largest absolute Gasteiger partial charge is 0.316 e. The molecule has 2 N–H and O–H groups in total. The maximum Gasteiger partial charge on any atom is 0.261 e. The van der Waals surface area contributed by atoms with Crippen molar-refractivity contribution in [1.82, 2.24) is 5.32 Å². The lowest BCUT2D eigenvalue weighted by molar-refractivity contribution is 0.601. The summed E-state index contributed by atoms with van der Waals surface area (Å²) in [5.74, 6) is 0. The molecule has 0 aliphatic carbocycles. The predicted molar refractivity (Wildman–Crippen MR) is 88.7 cm³/mol. The van der Waals surface area contributed by atoms with Gasteiger partial charge in [0.1, 0.15) is 0 Å². The number of fused-ring (bicyclic) bond motifs is 1. The van der Waals surface area contributed by atoms with E-state index in [9.17, 15) is 8.42 Å². The highest BCUT2D eigenvalue weighted by atomic mass is 32.2. The maximum atomic E-state index is 12.5. The van der Waals surface area contributed by atoms with Gasteiger partial charge < -0.3 is 5.32 Å². The molecule has 22 heavy (non-hydrogen) atoms.